The van der Waals surface area contributed by atoms with Crippen LogP contribution < -0.4 is 0 Å². The molecule has 0 aliphatic carbocycles. The number of ether oxygens (including phenoxy) is 1. The summed E-state index contributed by atoms with van der Waals surface area (Å²) in [5, 5.41) is 9.38. The van der Waals surface area contributed by atoms with Gasteiger partial charge in [-0.05, 0) is 30.9 Å². The first-order chi connectivity index (χ1) is 8.17. The van der Waals surface area contributed by atoms with Crippen molar-refractivity contribution in [2.24, 2.45) is 5.41 Å². The molecule has 1 atom stereocenters. The molecule has 1 fully saturated rings. The first kappa shape index (κ1) is 12.3. The monoisotopic (exact) mass is 253 g/mol. The molecule has 0 amide bonds. The van der Waals surface area contributed by atoms with Crippen molar-refractivity contribution >= 4 is 11.6 Å². The number of halogens is 2. The molecule has 1 aliphatic rings. The van der Waals surface area contributed by atoms with Crippen LogP contribution in [0.3, 0.4) is 0 Å². The topological polar surface area (TPSA) is 33.0 Å². The number of nitrogens with zero attached hydrogens (tertiary/aromatic N) is 1. The average molecular weight is 254 g/mol. The average Bonchev–Trinajstić information content (AvgIpc) is 2.36. The molecule has 90 valence electrons. The van der Waals surface area contributed by atoms with E-state index in [1.165, 1.54) is 6.07 Å². The van der Waals surface area contributed by atoms with Crippen molar-refractivity contribution in [3.63, 3.8) is 0 Å². The Labute approximate surface area is 105 Å². The molecule has 1 saturated heterocycles. The summed E-state index contributed by atoms with van der Waals surface area (Å²) < 4.78 is 19.1. The second-order valence-electron chi connectivity index (χ2n) is 4.44. The van der Waals surface area contributed by atoms with Crippen LogP contribution in [0.25, 0.3) is 0 Å². The Hall–Kier alpha value is -1.11. The maximum absolute atomic E-state index is 13.8. The summed E-state index contributed by atoms with van der Waals surface area (Å²) >= 11 is 5.73. The van der Waals surface area contributed by atoms with E-state index in [2.05, 4.69) is 6.07 Å². The summed E-state index contributed by atoms with van der Waals surface area (Å²) in [5.74, 6) is -0.422. The SMILES string of the molecule is N#CC1(Cc2cccc(Cl)c2F)CCCOC1. The standard InChI is InChI=1S/C13H13ClFNO/c14-11-4-1-3-10(12(11)15)7-13(8-16)5-2-6-17-9-13/h1,3-4H,2,5-7,9H2. The lowest BCUT2D eigenvalue weighted by atomic mass is 9.78. The van der Waals surface area contributed by atoms with Crippen LogP contribution >= 0.6 is 11.6 Å². The van der Waals surface area contributed by atoms with Gasteiger partial charge >= 0.3 is 0 Å². The van der Waals surface area contributed by atoms with Crippen molar-refractivity contribution in [1.82, 2.24) is 0 Å². The van der Waals surface area contributed by atoms with E-state index in [-0.39, 0.29) is 5.02 Å². The highest BCUT2D eigenvalue weighted by molar-refractivity contribution is 6.30. The number of rotatable bonds is 2. The van der Waals surface area contributed by atoms with Crippen LogP contribution in [0.5, 0.6) is 0 Å². The number of benzene rings is 1. The van der Waals surface area contributed by atoms with E-state index in [0.29, 0.717) is 25.2 Å². The summed E-state index contributed by atoms with van der Waals surface area (Å²) in [6.07, 6.45) is 1.95. The lowest BCUT2D eigenvalue weighted by Crippen LogP contribution is -2.32. The molecule has 2 rings (SSSR count). The maximum Gasteiger partial charge on any atom is 0.145 e. The smallest absolute Gasteiger partial charge is 0.145 e. The zero-order valence-electron chi connectivity index (χ0n) is 9.38. The zero-order chi connectivity index (χ0) is 12.3. The first-order valence-corrected chi connectivity index (χ1v) is 5.97. The third-order valence-corrected chi connectivity index (χ3v) is 3.41. The van der Waals surface area contributed by atoms with Gasteiger partial charge in [0.25, 0.3) is 0 Å². The van der Waals surface area contributed by atoms with Gasteiger partial charge in [-0.25, -0.2) is 4.39 Å². The fourth-order valence-corrected chi connectivity index (χ4v) is 2.36. The van der Waals surface area contributed by atoms with Crippen molar-refractivity contribution in [1.29, 1.82) is 5.26 Å². The lowest BCUT2D eigenvalue weighted by molar-refractivity contribution is 0.0220. The van der Waals surface area contributed by atoms with Crippen molar-refractivity contribution < 1.29 is 9.13 Å². The van der Waals surface area contributed by atoms with E-state index < -0.39 is 11.2 Å². The predicted octanol–water partition coefficient (Wildman–Crippen LogP) is 3.34. The van der Waals surface area contributed by atoms with Crippen LogP contribution in [0.2, 0.25) is 5.02 Å². The Kier molecular flexibility index (Phi) is 3.66. The van der Waals surface area contributed by atoms with Gasteiger partial charge in [-0.2, -0.15) is 5.26 Å². The highest BCUT2D eigenvalue weighted by Gasteiger charge is 2.34. The Morgan fingerprint density at radius 1 is 1.53 bits per heavy atom. The van der Waals surface area contributed by atoms with Crippen molar-refractivity contribution in [2.75, 3.05) is 13.2 Å². The van der Waals surface area contributed by atoms with Gasteiger partial charge in [0.2, 0.25) is 0 Å². The molecule has 0 saturated carbocycles. The van der Waals surface area contributed by atoms with Gasteiger partial charge in [0.1, 0.15) is 5.82 Å². The van der Waals surface area contributed by atoms with Crippen LogP contribution in [0, 0.1) is 22.6 Å². The van der Waals surface area contributed by atoms with Crippen molar-refractivity contribution in [3.05, 3.63) is 34.6 Å². The third-order valence-electron chi connectivity index (χ3n) is 3.12. The molecule has 1 aliphatic heterocycles. The molecule has 2 nitrogen and oxygen atoms in total. The summed E-state index contributed by atoms with van der Waals surface area (Å²) in [4.78, 5) is 0. The quantitative estimate of drug-likeness (QED) is 0.810. The van der Waals surface area contributed by atoms with Gasteiger partial charge in [0.15, 0.2) is 0 Å². The number of hydrogen-bond donors (Lipinski definition) is 0. The summed E-state index contributed by atoms with van der Waals surface area (Å²) in [7, 11) is 0. The molecule has 17 heavy (non-hydrogen) atoms. The number of hydrogen-bond acceptors (Lipinski definition) is 2. The zero-order valence-corrected chi connectivity index (χ0v) is 10.1. The van der Waals surface area contributed by atoms with Gasteiger partial charge < -0.3 is 4.74 Å². The highest BCUT2D eigenvalue weighted by atomic mass is 35.5. The van der Waals surface area contributed by atoms with E-state index in [1.54, 1.807) is 12.1 Å². The van der Waals surface area contributed by atoms with Gasteiger partial charge in [-0.1, -0.05) is 23.7 Å². The maximum atomic E-state index is 13.8. The molecule has 0 bridgehead atoms. The van der Waals surface area contributed by atoms with Crippen LogP contribution in [0.1, 0.15) is 18.4 Å². The van der Waals surface area contributed by atoms with Gasteiger partial charge in [-0.3, -0.25) is 0 Å². The minimum absolute atomic E-state index is 0.104. The first-order valence-electron chi connectivity index (χ1n) is 5.59. The van der Waals surface area contributed by atoms with Gasteiger partial charge in [0, 0.05) is 6.61 Å². The second kappa shape index (κ2) is 5.03. The van der Waals surface area contributed by atoms with Gasteiger partial charge in [-0.15, -0.1) is 0 Å². The Morgan fingerprint density at radius 2 is 2.35 bits per heavy atom. The third kappa shape index (κ3) is 2.59. The molecule has 0 aromatic heterocycles. The Bertz CT molecular complexity index is 449. The van der Waals surface area contributed by atoms with E-state index in [4.69, 9.17) is 16.3 Å². The minimum Gasteiger partial charge on any atom is -0.380 e. The van der Waals surface area contributed by atoms with Crippen LogP contribution in [0.15, 0.2) is 18.2 Å². The Balaban J connectivity index is 2.24. The summed E-state index contributed by atoms with van der Waals surface area (Å²) in [5.41, 5.74) is -0.117. The molecular weight excluding hydrogens is 241 g/mol. The van der Waals surface area contributed by atoms with E-state index in [9.17, 15) is 9.65 Å². The van der Waals surface area contributed by atoms with Gasteiger partial charge in [0.05, 0.1) is 23.1 Å². The fraction of sp³-hybridized carbons (Fsp3) is 0.462. The molecule has 1 aromatic rings. The summed E-state index contributed by atoms with van der Waals surface area (Å²) in [6.45, 7) is 1.05. The molecule has 0 radical (unpaired) electrons. The molecule has 1 aromatic carbocycles. The molecule has 1 unspecified atom stereocenters. The second-order valence-corrected chi connectivity index (χ2v) is 4.85. The van der Waals surface area contributed by atoms with Crippen molar-refractivity contribution in [3.8, 4) is 6.07 Å². The molecule has 4 heteroatoms. The normalized spacial score (nSPS) is 24.3. The molecule has 1 heterocycles. The van der Waals surface area contributed by atoms with E-state index >= 15 is 0 Å². The fourth-order valence-electron chi connectivity index (χ4n) is 2.17. The largest absolute Gasteiger partial charge is 0.380 e. The predicted molar refractivity (Wildman–Crippen MR) is 63.2 cm³/mol. The molecular formula is C13H13ClFNO. The van der Waals surface area contributed by atoms with Crippen LogP contribution in [-0.2, 0) is 11.2 Å². The van der Waals surface area contributed by atoms with Crippen LogP contribution in [-0.4, -0.2) is 13.2 Å². The van der Waals surface area contributed by atoms with Crippen molar-refractivity contribution in [2.45, 2.75) is 19.3 Å². The minimum atomic E-state index is -0.607. The molecule has 0 spiro atoms. The van der Waals surface area contributed by atoms with Crippen LogP contribution in [0.4, 0.5) is 4.39 Å². The summed E-state index contributed by atoms with van der Waals surface area (Å²) in [6, 6.07) is 7.17. The number of nitriles is 1. The van der Waals surface area contributed by atoms with E-state index in [1.807, 2.05) is 0 Å². The highest BCUT2D eigenvalue weighted by Crippen LogP contribution is 2.33. The molecule has 0 N–H and O–H groups in total. The lowest BCUT2D eigenvalue weighted by Gasteiger charge is -2.30. The van der Waals surface area contributed by atoms with E-state index in [0.717, 1.165) is 12.8 Å². The Morgan fingerprint density at radius 3 is 3.00 bits per heavy atom.